The minimum atomic E-state index is -0.0484. The third kappa shape index (κ3) is 4.00. The van der Waals surface area contributed by atoms with Gasteiger partial charge in [-0.05, 0) is 80.5 Å². The van der Waals surface area contributed by atoms with E-state index in [0.717, 1.165) is 57.3 Å². The van der Waals surface area contributed by atoms with Crippen molar-refractivity contribution in [2.75, 3.05) is 0 Å². The average molecular weight is 441 g/mol. The molecule has 3 heteroatoms. The third-order valence-electron chi connectivity index (χ3n) is 10.8. The maximum Gasteiger partial charge on any atom is 0.306 e. The number of hydrogen-bond acceptors (Lipinski definition) is 3. The van der Waals surface area contributed by atoms with Crippen molar-refractivity contribution in [3.63, 3.8) is 0 Å². The van der Waals surface area contributed by atoms with Crippen LogP contribution in [-0.4, -0.2) is 17.9 Å². The minimum Gasteiger partial charge on any atom is -0.462 e. The fourth-order valence-corrected chi connectivity index (χ4v) is 8.75. The Morgan fingerprint density at radius 2 is 1.75 bits per heavy atom. The van der Waals surface area contributed by atoms with Gasteiger partial charge in [0, 0.05) is 24.7 Å². The van der Waals surface area contributed by atoms with Crippen LogP contribution in [0.1, 0.15) is 117 Å². The Bertz CT molecular complexity index is 762. The lowest BCUT2D eigenvalue weighted by Gasteiger charge is -2.56. The van der Waals surface area contributed by atoms with Gasteiger partial charge in [0.15, 0.2) is 0 Å². The van der Waals surface area contributed by atoms with E-state index in [2.05, 4.69) is 19.9 Å². The number of fused-ring (bicyclic) bond motifs is 5. The van der Waals surface area contributed by atoms with Gasteiger partial charge in [-0.1, -0.05) is 57.6 Å². The van der Waals surface area contributed by atoms with Gasteiger partial charge >= 0.3 is 5.97 Å². The van der Waals surface area contributed by atoms with Crippen molar-refractivity contribution in [1.29, 1.82) is 0 Å². The molecule has 0 aliphatic heterocycles. The van der Waals surface area contributed by atoms with E-state index < -0.39 is 0 Å². The van der Waals surface area contributed by atoms with Crippen molar-refractivity contribution in [3.8, 4) is 0 Å². The summed E-state index contributed by atoms with van der Waals surface area (Å²) < 4.78 is 5.99. The highest BCUT2D eigenvalue weighted by atomic mass is 16.5. The highest BCUT2D eigenvalue weighted by Gasteiger charge is 2.58. The first-order valence-corrected chi connectivity index (χ1v) is 13.8. The first kappa shape index (κ1) is 22.7. The second kappa shape index (κ2) is 8.91. The van der Waals surface area contributed by atoms with Gasteiger partial charge in [-0.25, -0.2) is 0 Å². The monoisotopic (exact) mass is 440 g/mol. The molecule has 0 N–H and O–H groups in total. The molecule has 6 unspecified atom stereocenters. The quantitative estimate of drug-likeness (QED) is 0.336. The standard InChI is InChI=1S/C29H44O3/c1-28-17-15-22(32-27(31)10-6-9-20-7-4-3-5-8-20)19-21(28)11-12-23-24-13-14-26(30)29(24,2)18-16-25(23)28/h11,20,22-25H,3-10,12-19H2,1-2H3. The van der Waals surface area contributed by atoms with Gasteiger partial charge in [0.05, 0.1) is 0 Å². The molecule has 0 bridgehead atoms. The molecule has 0 aromatic rings. The second-order valence-electron chi connectivity index (χ2n) is 12.4. The third-order valence-corrected chi connectivity index (χ3v) is 10.8. The van der Waals surface area contributed by atoms with Crippen molar-refractivity contribution in [2.24, 2.45) is 34.5 Å². The molecule has 5 aliphatic carbocycles. The molecule has 32 heavy (non-hydrogen) atoms. The van der Waals surface area contributed by atoms with E-state index in [1.165, 1.54) is 44.9 Å². The van der Waals surface area contributed by atoms with E-state index in [-0.39, 0.29) is 22.9 Å². The van der Waals surface area contributed by atoms with Crippen LogP contribution in [0, 0.1) is 34.5 Å². The molecule has 0 heterocycles. The summed E-state index contributed by atoms with van der Waals surface area (Å²) in [6.07, 6.45) is 20.7. The zero-order chi connectivity index (χ0) is 22.3. The summed E-state index contributed by atoms with van der Waals surface area (Å²) in [4.78, 5) is 25.2. The predicted molar refractivity (Wildman–Crippen MR) is 127 cm³/mol. The number of rotatable bonds is 5. The highest BCUT2D eigenvalue weighted by Crippen LogP contribution is 2.64. The predicted octanol–water partition coefficient (Wildman–Crippen LogP) is 7.18. The summed E-state index contributed by atoms with van der Waals surface area (Å²) in [5, 5.41) is 0. The largest absolute Gasteiger partial charge is 0.462 e. The first-order valence-electron chi connectivity index (χ1n) is 13.8. The Morgan fingerprint density at radius 1 is 1.00 bits per heavy atom. The molecule has 0 spiro atoms. The van der Waals surface area contributed by atoms with Gasteiger partial charge in [-0.15, -0.1) is 0 Å². The van der Waals surface area contributed by atoms with Crippen molar-refractivity contribution >= 4 is 11.8 Å². The number of carbonyl (C=O) groups is 2. The van der Waals surface area contributed by atoms with Crippen molar-refractivity contribution in [3.05, 3.63) is 11.6 Å². The van der Waals surface area contributed by atoms with Gasteiger partial charge in [0.25, 0.3) is 0 Å². The lowest BCUT2D eigenvalue weighted by atomic mass is 9.48. The summed E-state index contributed by atoms with van der Waals surface area (Å²) in [6, 6.07) is 0. The molecule has 0 aromatic carbocycles. The molecule has 0 saturated heterocycles. The van der Waals surface area contributed by atoms with E-state index >= 15 is 0 Å². The number of Topliss-reactive ketones (excluding diaryl/α,β-unsaturated/α-hetero) is 1. The van der Waals surface area contributed by atoms with Crippen LogP contribution in [-0.2, 0) is 14.3 Å². The van der Waals surface area contributed by atoms with Gasteiger partial charge < -0.3 is 4.74 Å². The van der Waals surface area contributed by atoms with Crippen molar-refractivity contribution in [2.45, 2.75) is 123 Å². The fourth-order valence-electron chi connectivity index (χ4n) is 8.75. The maximum atomic E-state index is 12.6. The summed E-state index contributed by atoms with van der Waals surface area (Å²) in [7, 11) is 0. The van der Waals surface area contributed by atoms with E-state index in [0.29, 0.717) is 30.0 Å². The molecular formula is C29H44O3. The summed E-state index contributed by atoms with van der Waals surface area (Å²) in [6.45, 7) is 4.74. The van der Waals surface area contributed by atoms with Crippen LogP contribution in [0.15, 0.2) is 11.6 Å². The Balaban J connectivity index is 1.16. The van der Waals surface area contributed by atoms with E-state index in [1.54, 1.807) is 5.57 Å². The molecule has 4 saturated carbocycles. The lowest BCUT2D eigenvalue weighted by Crippen LogP contribution is -2.50. The zero-order valence-electron chi connectivity index (χ0n) is 20.5. The van der Waals surface area contributed by atoms with Crippen LogP contribution in [0.2, 0.25) is 0 Å². The normalized spacial score (nSPS) is 41.9. The Kier molecular flexibility index (Phi) is 6.31. The van der Waals surface area contributed by atoms with Crippen LogP contribution < -0.4 is 0 Å². The topological polar surface area (TPSA) is 43.4 Å². The van der Waals surface area contributed by atoms with Crippen LogP contribution >= 0.6 is 0 Å². The van der Waals surface area contributed by atoms with Crippen molar-refractivity contribution in [1.82, 2.24) is 0 Å². The van der Waals surface area contributed by atoms with Gasteiger partial charge in [0.2, 0.25) is 0 Å². The molecule has 5 rings (SSSR count). The molecule has 6 atom stereocenters. The first-order chi connectivity index (χ1) is 15.4. The highest BCUT2D eigenvalue weighted by molar-refractivity contribution is 5.87. The van der Waals surface area contributed by atoms with Gasteiger partial charge in [-0.3, -0.25) is 9.59 Å². The molecule has 3 nitrogen and oxygen atoms in total. The van der Waals surface area contributed by atoms with E-state index in [4.69, 9.17) is 4.74 Å². The fraction of sp³-hybridized carbons (Fsp3) is 0.862. The van der Waals surface area contributed by atoms with Crippen molar-refractivity contribution < 1.29 is 14.3 Å². The molecular weight excluding hydrogens is 396 g/mol. The minimum absolute atomic E-state index is 0.0293. The number of carbonyl (C=O) groups excluding carboxylic acids is 2. The lowest BCUT2D eigenvalue weighted by molar-refractivity contribution is -0.151. The molecule has 0 aromatic heterocycles. The molecule has 178 valence electrons. The van der Waals surface area contributed by atoms with Gasteiger partial charge in [-0.2, -0.15) is 0 Å². The number of hydrogen-bond donors (Lipinski definition) is 0. The maximum absolute atomic E-state index is 12.6. The average Bonchev–Trinajstić information content (AvgIpc) is 3.09. The zero-order valence-corrected chi connectivity index (χ0v) is 20.5. The molecule has 0 radical (unpaired) electrons. The summed E-state index contributed by atoms with van der Waals surface area (Å²) >= 11 is 0. The van der Waals surface area contributed by atoms with Crippen LogP contribution in [0.5, 0.6) is 0 Å². The van der Waals surface area contributed by atoms with Crippen LogP contribution in [0.25, 0.3) is 0 Å². The second-order valence-corrected chi connectivity index (χ2v) is 12.4. The summed E-state index contributed by atoms with van der Waals surface area (Å²) in [5.74, 6) is 3.37. The smallest absolute Gasteiger partial charge is 0.306 e. The SMILES string of the molecule is CC12CCC3C(CC=C4CC(OC(=O)CCCC5CCCCC5)CCC43C)C1CCC2=O. The van der Waals surface area contributed by atoms with Gasteiger partial charge in [0.1, 0.15) is 11.9 Å². The Hall–Kier alpha value is -1.12. The molecule has 5 aliphatic rings. The molecule has 4 fully saturated rings. The van der Waals surface area contributed by atoms with Crippen LogP contribution in [0.3, 0.4) is 0 Å². The van der Waals surface area contributed by atoms with Crippen LogP contribution in [0.4, 0.5) is 0 Å². The Morgan fingerprint density at radius 3 is 2.56 bits per heavy atom. The summed E-state index contributed by atoms with van der Waals surface area (Å²) in [5.41, 5.74) is 1.76. The number of esters is 1. The Labute approximate surface area is 195 Å². The molecule has 0 amide bonds. The van der Waals surface area contributed by atoms with E-state index in [9.17, 15) is 9.59 Å². The number of ketones is 1. The number of ether oxygens (including phenoxy) is 1. The number of allylic oxidation sites excluding steroid dienone is 1. The van der Waals surface area contributed by atoms with E-state index in [1.807, 2.05) is 0 Å².